The third-order valence-electron chi connectivity index (χ3n) is 15.4. The third kappa shape index (κ3) is 18.6. The van der Waals surface area contributed by atoms with Gasteiger partial charge in [0.1, 0.15) is 11.5 Å². The molecular weight excluding hydrogens is 1010 g/mol. The molecule has 0 N–H and O–H groups in total. The van der Waals surface area contributed by atoms with Crippen molar-refractivity contribution in [3.63, 3.8) is 0 Å². The van der Waals surface area contributed by atoms with Gasteiger partial charge in [0.25, 0.3) is 0 Å². The first-order valence-corrected chi connectivity index (χ1v) is 28.6. The van der Waals surface area contributed by atoms with Gasteiger partial charge in [-0.1, -0.05) is 81.4 Å². The van der Waals surface area contributed by atoms with E-state index < -0.39 is 17.5 Å². The molecule has 4 aromatic carbocycles. The second-order valence-electron chi connectivity index (χ2n) is 21.2. The maximum Gasteiger partial charge on any atom is 0.339 e. The van der Waals surface area contributed by atoms with E-state index in [1.807, 2.05) is 72.8 Å². The predicted octanol–water partition coefficient (Wildman–Crippen LogP) is 12.8. The molecule has 0 atom stereocenters. The van der Waals surface area contributed by atoms with Gasteiger partial charge in [0.05, 0.1) is 49.1 Å². The summed E-state index contributed by atoms with van der Waals surface area (Å²) in [5, 5.41) is 0. The summed E-state index contributed by atoms with van der Waals surface area (Å²) in [6, 6.07) is 29.0. The van der Waals surface area contributed by atoms with E-state index >= 15 is 0 Å². The number of esters is 6. The summed E-state index contributed by atoms with van der Waals surface area (Å²) in [5.41, 5.74) is 3.45. The molecule has 3 aliphatic rings. The van der Waals surface area contributed by atoms with E-state index in [0.717, 1.165) is 53.2 Å². The van der Waals surface area contributed by atoms with Crippen molar-refractivity contribution in [2.24, 2.45) is 23.7 Å². The number of unbranched alkanes of at least 4 members (excludes halogenated alkanes) is 6. The zero-order chi connectivity index (χ0) is 56.5. The first-order chi connectivity index (χ1) is 38.9. The molecule has 3 fully saturated rings. The molecule has 0 aromatic heterocycles. The Morgan fingerprint density at radius 3 is 1.40 bits per heavy atom. The standard InChI is InChI=1S/C68H74O12/c1-4-7-8-9-10-11-47-76-63(70)55-24-28-58(29-25-55)66(73)79-61-38-34-59(35-39-61)67(74)80-68(43-40-52-22-20-51(21-23-52)19-18-50-16-14-49(5-2)15-17-50)44-41-54(42-45-68)53-32-36-60(37-33-53)78-65(72)57-30-26-56(27-31-57)64(71)77-48-13-12-46-75-62(69)6-3/h2,6,14-17,20-23,32-39,54-58H,3-4,7-13,24-31,41-42,44-48H2,1H3. The first kappa shape index (κ1) is 59.8. The summed E-state index contributed by atoms with van der Waals surface area (Å²) in [7, 11) is 0. The average Bonchev–Trinajstić information content (AvgIpc) is 3.50. The predicted molar refractivity (Wildman–Crippen MR) is 304 cm³/mol. The van der Waals surface area contributed by atoms with Gasteiger partial charge in [0.2, 0.25) is 0 Å². The van der Waals surface area contributed by atoms with Crippen molar-refractivity contribution in [2.75, 3.05) is 19.8 Å². The maximum atomic E-state index is 14.0. The van der Waals surface area contributed by atoms with E-state index in [4.69, 9.17) is 34.8 Å². The molecule has 0 heterocycles. The molecule has 0 unspecified atom stereocenters. The molecule has 0 radical (unpaired) electrons. The van der Waals surface area contributed by atoms with Crippen LogP contribution in [0.4, 0.5) is 0 Å². The molecule has 80 heavy (non-hydrogen) atoms. The lowest BCUT2D eigenvalue weighted by Gasteiger charge is -2.36. The molecule has 4 aromatic rings. The fraction of sp³-hybridized carbons (Fsp3) is 0.441. The Morgan fingerprint density at radius 1 is 0.512 bits per heavy atom. The number of terminal acetylenes is 1. The second-order valence-corrected chi connectivity index (χ2v) is 21.2. The highest BCUT2D eigenvalue weighted by Crippen LogP contribution is 2.41. The first-order valence-electron chi connectivity index (χ1n) is 28.6. The molecule has 0 aliphatic heterocycles. The summed E-state index contributed by atoms with van der Waals surface area (Å²) in [5.74, 6) is 13.2. The molecule has 418 valence electrons. The Bertz CT molecular complexity index is 2880. The molecule has 3 aliphatic carbocycles. The Balaban J connectivity index is 0.920. The highest BCUT2D eigenvalue weighted by Gasteiger charge is 2.39. The Morgan fingerprint density at radius 2 is 0.925 bits per heavy atom. The van der Waals surface area contributed by atoms with Gasteiger partial charge in [-0.15, -0.1) is 6.42 Å². The second kappa shape index (κ2) is 31.1. The number of hydrogen-bond donors (Lipinski definition) is 0. The Kier molecular flexibility index (Phi) is 23.2. The van der Waals surface area contributed by atoms with Crippen LogP contribution in [0, 0.1) is 59.7 Å². The summed E-state index contributed by atoms with van der Waals surface area (Å²) >= 11 is 0. The fourth-order valence-corrected chi connectivity index (χ4v) is 10.4. The molecular formula is C68H74O12. The minimum Gasteiger partial charge on any atom is -0.465 e. The van der Waals surface area contributed by atoms with Gasteiger partial charge in [-0.25, -0.2) is 9.59 Å². The molecule has 3 saturated carbocycles. The summed E-state index contributed by atoms with van der Waals surface area (Å²) in [6.45, 7) is 6.48. The Labute approximate surface area is 472 Å². The summed E-state index contributed by atoms with van der Waals surface area (Å²) < 4.78 is 33.9. The molecule has 0 saturated heterocycles. The number of rotatable bonds is 22. The van der Waals surface area contributed by atoms with E-state index in [1.165, 1.54) is 19.3 Å². The quantitative estimate of drug-likeness (QED) is 0.0183. The van der Waals surface area contributed by atoms with Gasteiger partial charge >= 0.3 is 35.8 Å². The van der Waals surface area contributed by atoms with Gasteiger partial charge in [0.15, 0.2) is 5.60 Å². The van der Waals surface area contributed by atoms with Crippen LogP contribution < -0.4 is 9.47 Å². The number of carbonyl (C=O) groups excluding carboxylic acids is 6. The SMILES string of the molecule is C#Cc1ccc(C#Cc2ccc(C#CC3(OC(=O)c4ccc(OC(=O)C5CCC(C(=O)OCCCCCCCC)CC5)cc4)CCC(c4ccc(OC(=O)C5CCC(C(=O)OCCCCOC(=O)C=C)CC5)cc4)CC3)cc2)cc1. The average molecular weight is 1080 g/mol. The smallest absolute Gasteiger partial charge is 0.339 e. The van der Waals surface area contributed by atoms with Crippen LogP contribution in [0.5, 0.6) is 11.5 Å². The van der Waals surface area contributed by atoms with Crippen LogP contribution >= 0.6 is 0 Å². The third-order valence-corrected chi connectivity index (χ3v) is 15.4. The van der Waals surface area contributed by atoms with Crippen LogP contribution in [0.25, 0.3) is 0 Å². The van der Waals surface area contributed by atoms with Crippen molar-refractivity contribution >= 4 is 35.8 Å². The minimum absolute atomic E-state index is 0.131. The molecule has 7 rings (SSSR count). The van der Waals surface area contributed by atoms with Gasteiger partial charge in [-0.3, -0.25) is 19.2 Å². The highest BCUT2D eigenvalue weighted by molar-refractivity contribution is 5.90. The summed E-state index contributed by atoms with van der Waals surface area (Å²) in [6.07, 6.45) is 21.1. The van der Waals surface area contributed by atoms with Crippen LogP contribution in [-0.4, -0.2) is 61.2 Å². The Hall–Kier alpha value is -7.88. The lowest BCUT2D eigenvalue weighted by Crippen LogP contribution is -2.37. The van der Waals surface area contributed by atoms with Crippen molar-refractivity contribution in [3.05, 3.63) is 143 Å². The molecule has 0 bridgehead atoms. The minimum atomic E-state index is -1.10. The van der Waals surface area contributed by atoms with Crippen molar-refractivity contribution < 1.29 is 57.2 Å². The van der Waals surface area contributed by atoms with Crippen LogP contribution in [-0.2, 0) is 42.9 Å². The largest absolute Gasteiger partial charge is 0.465 e. The van der Waals surface area contributed by atoms with Crippen LogP contribution in [0.15, 0.2) is 110 Å². The van der Waals surface area contributed by atoms with Crippen molar-refractivity contribution in [1.29, 1.82) is 0 Å². The topological polar surface area (TPSA) is 158 Å². The van der Waals surface area contributed by atoms with Crippen LogP contribution in [0.2, 0.25) is 0 Å². The zero-order valence-corrected chi connectivity index (χ0v) is 46.1. The van der Waals surface area contributed by atoms with Crippen molar-refractivity contribution in [3.8, 4) is 47.5 Å². The van der Waals surface area contributed by atoms with E-state index in [-0.39, 0.29) is 66.7 Å². The number of benzene rings is 4. The molecule has 12 nitrogen and oxygen atoms in total. The van der Waals surface area contributed by atoms with Gasteiger partial charge < -0.3 is 28.4 Å². The lowest BCUT2D eigenvalue weighted by molar-refractivity contribution is -0.152. The van der Waals surface area contributed by atoms with E-state index in [1.54, 1.807) is 24.3 Å². The monoisotopic (exact) mass is 1080 g/mol. The van der Waals surface area contributed by atoms with Gasteiger partial charge in [-0.2, -0.15) is 0 Å². The van der Waals surface area contributed by atoms with Crippen LogP contribution in [0.3, 0.4) is 0 Å². The highest BCUT2D eigenvalue weighted by atomic mass is 16.6. The van der Waals surface area contributed by atoms with Gasteiger partial charge in [0, 0.05) is 28.3 Å². The van der Waals surface area contributed by atoms with Crippen molar-refractivity contribution in [2.45, 2.75) is 147 Å². The maximum absolute atomic E-state index is 14.0. The van der Waals surface area contributed by atoms with E-state index in [2.05, 4.69) is 43.1 Å². The van der Waals surface area contributed by atoms with Crippen molar-refractivity contribution in [1.82, 2.24) is 0 Å². The normalized spacial score (nSPS) is 20.3. The number of ether oxygens (including phenoxy) is 6. The van der Waals surface area contributed by atoms with E-state index in [0.29, 0.717) is 114 Å². The summed E-state index contributed by atoms with van der Waals surface area (Å²) in [4.78, 5) is 77.0. The fourth-order valence-electron chi connectivity index (χ4n) is 10.4. The molecule has 12 heteroatoms. The lowest BCUT2D eigenvalue weighted by atomic mass is 9.76. The number of hydrogen-bond acceptors (Lipinski definition) is 12. The van der Waals surface area contributed by atoms with Gasteiger partial charge in [-0.05, 0) is 199 Å². The number of carbonyl (C=O) groups is 6. The zero-order valence-electron chi connectivity index (χ0n) is 46.1. The molecule has 0 amide bonds. The molecule has 0 spiro atoms. The van der Waals surface area contributed by atoms with Crippen LogP contribution in [0.1, 0.15) is 179 Å². The van der Waals surface area contributed by atoms with E-state index in [9.17, 15) is 28.8 Å².